The van der Waals surface area contributed by atoms with E-state index < -0.39 is 11.4 Å². The second-order valence-corrected chi connectivity index (χ2v) is 4.67. The van der Waals surface area contributed by atoms with Gasteiger partial charge in [0.25, 0.3) is 0 Å². The lowest BCUT2D eigenvalue weighted by molar-refractivity contribution is -0.122. The number of aryl methyl sites for hydroxylation is 1. The fraction of sp³-hybridized carbons (Fsp3) is 0.200. The highest BCUT2D eigenvalue weighted by Gasteiger charge is 2.33. The monoisotopic (exact) mass is 255 g/mol. The fourth-order valence-electron chi connectivity index (χ4n) is 1.92. The molecule has 0 saturated heterocycles. The van der Waals surface area contributed by atoms with Crippen LogP contribution in [0.1, 0.15) is 18.1 Å². The minimum atomic E-state index is -0.986. The number of hydrogen-bond acceptors (Lipinski definition) is 3. The summed E-state index contributed by atoms with van der Waals surface area (Å²) in [4.78, 5) is 15.9. The molecule has 0 aliphatic carbocycles. The molecule has 0 aliphatic heterocycles. The highest BCUT2D eigenvalue weighted by Crippen LogP contribution is 2.27. The molecule has 4 nitrogen and oxygen atoms in total. The molecule has 19 heavy (non-hydrogen) atoms. The van der Waals surface area contributed by atoms with Crippen molar-refractivity contribution in [3.05, 3.63) is 59.9 Å². The number of nitrogens with two attached hydrogens (primary N) is 1. The van der Waals surface area contributed by atoms with E-state index in [1.165, 1.54) is 0 Å². The summed E-state index contributed by atoms with van der Waals surface area (Å²) in [7, 11) is 0. The van der Waals surface area contributed by atoms with Crippen LogP contribution in [-0.2, 0) is 10.3 Å². The van der Waals surface area contributed by atoms with Crippen LogP contribution < -0.4 is 11.1 Å². The molecule has 2 rings (SSSR count). The maximum atomic E-state index is 11.9. The van der Waals surface area contributed by atoms with Gasteiger partial charge in [-0.1, -0.05) is 24.3 Å². The average Bonchev–Trinajstić information content (AvgIpc) is 2.42. The Bertz CT molecular complexity index is 583. The van der Waals surface area contributed by atoms with Crippen LogP contribution in [-0.4, -0.2) is 10.9 Å². The van der Waals surface area contributed by atoms with Crippen LogP contribution in [0.25, 0.3) is 0 Å². The number of carbonyl (C=O) groups excluding carboxylic acids is 1. The SMILES string of the molecule is Cc1ccccc1NC(C)(C(N)=O)c1cccnc1. The van der Waals surface area contributed by atoms with E-state index >= 15 is 0 Å². The largest absolute Gasteiger partial charge is 0.368 e. The smallest absolute Gasteiger partial charge is 0.247 e. The first-order chi connectivity index (χ1) is 9.04. The number of primary amides is 1. The Labute approximate surface area is 112 Å². The van der Waals surface area contributed by atoms with E-state index in [1.807, 2.05) is 37.3 Å². The van der Waals surface area contributed by atoms with E-state index in [9.17, 15) is 4.79 Å². The normalized spacial score (nSPS) is 13.6. The Morgan fingerprint density at radius 2 is 2.00 bits per heavy atom. The summed E-state index contributed by atoms with van der Waals surface area (Å²) in [5.74, 6) is -0.441. The van der Waals surface area contributed by atoms with Crippen LogP contribution in [0.3, 0.4) is 0 Å². The molecule has 4 heteroatoms. The minimum Gasteiger partial charge on any atom is -0.368 e. The number of pyridine rings is 1. The van der Waals surface area contributed by atoms with Crippen molar-refractivity contribution in [1.29, 1.82) is 0 Å². The molecule has 3 N–H and O–H groups in total. The zero-order valence-electron chi connectivity index (χ0n) is 11.1. The van der Waals surface area contributed by atoms with Gasteiger partial charge in [-0.25, -0.2) is 0 Å². The first kappa shape index (κ1) is 13.1. The second-order valence-electron chi connectivity index (χ2n) is 4.67. The van der Waals surface area contributed by atoms with Crippen molar-refractivity contribution in [2.24, 2.45) is 5.73 Å². The van der Waals surface area contributed by atoms with Crippen molar-refractivity contribution in [3.8, 4) is 0 Å². The average molecular weight is 255 g/mol. The molecule has 2 aromatic rings. The number of carbonyl (C=O) groups is 1. The number of anilines is 1. The highest BCUT2D eigenvalue weighted by atomic mass is 16.1. The molecule has 1 aromatic carbocycles. The third-order valence-electron chi connectivity index (χ3n) is 3.26. The van der Waals surface area contributed by atoms with Gasteiger partial charge >= 0.3 is 0 Å². The van der Waals surface area contributed by atoms with Gasteiger partial charge in [0.15, 0.2) is 0 Å². The Morgan fingerprint density at radius 1 is 1.26 bits per heavy atom. The van der Waals surface area contributed by atoms with Crippen LogP contribution in [0.2, 0.25) is 0 Å². The fourth-order valence-corrected chi connectivity index (χ4v) is 1.92. The second kappa shape index (κ2) is 5.10. The molecular weight excluding hydrogens is 238 g/mol. The van der Waals surface area contributed by atoms with E-state index in [2.05, 4.69) is 10.3 Å². The number of amides is 1. The van der Waals surface area contributed by atoms with Gasteiger partial charge in [0.1, 0.15) is 5.54 Å². The molecule has 1 unspecified atom stereocenters. The first-order valence-corrected chi connectivity index (χ1v) is 6.08. The van der Waals surface area contributed by atoms with Crippen molar-refractivity contribution in [1.82, 2.24) is 4.98 Å². The van der Waals surface area contributed by atoms with Gasteiger partial charge in [0.2, 0.25) is 5.91 Å². The number of hydrogen-bond donors (Lipinski definition) is 2. The summed E-state index contributed by atoms with van der Waals surface area (Å²) in [6.45, 7) is 3.74. The molecule has 98 valence electrons. The van der Waals surface area contributed by atoms with Crippen LogP contribution in [0.5, 0.6) is 0 Å². The Balaban J connectivity index is 2.42. The summed E-state index contributed by atoms with van der Waals surface area (Å²) < 4.78 is 0. The molecule has 1 heterocycles. The lowest BCUT2D eigenvalue weighted by Gasteiger charge is -2.29. The van der Waals surface area contributed by atoms with Crippen molar-refractivity contribution < 1.29 is 4.79 Å². The number of aromatic nitrogens is 1. The van der Waals surface area contributed by atoms with E-state index in [1.54, 1.807) is 25.4 Å². The molecule has 0 radical (unpaired) electrons. The number of nitrogens with zero attached hydrogens (tertiary/aromatic N) is 1. The zero-order chi connectivity index (χ0) is 13.9. The maximum Gasteiger partial charge on any atom is 0.247 e. The van der Waals surface area contributed by atoms with Crippen molar-refractivity contribution in [2.45, 2.75) is 19.4 Å². The predicted molar refractivity (Wildman–Crippen MR) is 75.6 cm³/mol. The van der Waals surface area contributed by atoms with E-state index in [4.69, 9.17) is 5.73 Å². The third kappa shape index (κ3) is 2.57. The molecule has 0 saturated carbocycles. The summed E-state index contributed by atoms with van der Waals surface area (Å²) in [6.07, 6.45) is 3.31. The number of benzene rings is 1. The molecule has 0 bridgehead atoms. The van der Waals surface area contributed by atoms with Gasteiger partial charge in [-0.3, -0.25) is 9.78 Å². The molecule has 0 fully saturated rings. The van der Waals surface area contributed by atoms with Gasteiger partial charge in [0, 0.05) is 23.6 Å². The van der Waals surface area contributed by atoms with Gasteiger partial charge in [-0.05, 0) is 31.5 Å². The highest BCUT2D eigenvalue weighted by molar-refractivity contribution is 5.89. The topological polar surface area (TPSA) is 68.0 Å². The molecule has 1 atom stereocenters. The molecular formula is C15H17N3O. The Morgan fingerprint density at radius 3 is 2.58 bits per heavy atom. The van der Waals surface area contributed by atoms with Crippen molar-refractivity contribution >= 4 is 11.6 Å². The number of rotatable bonds is 4. The molecule has 0 aliphatic rings. The number of para-hydroxylation sites is 1. The Kier molecular flexibility index (Phi) is 3.51. The van der Waals surface area contributed by atoms with E-state index in [0.717, 1.165) is 16.8 Å². The minimum absolute atomic E-state index is 0.441. The van der Waals surface area contributed by atoms with Crippen LogP contribution in [0, 0.1) is 6.92 Å². The first-order valence-electron chi connectivity index (χ1n) is 6.08. The molecule has 1 aromatic heterocycles. The van der Waals surface area contributed by atoms with Gasteiger partial charge < -0.3 is 11.1 Å². The summed E-state index contributed by atoms with van der Waals surface area (Å²) in [6, 6.07) is 11.4. The van der Waals surface area contributed by atoms with Crippen LogP contribution in [0.4, 0.5) is 5.69 Å². The van der Waals surface area contributed by atoms with Crippen molar-refractivity contribution in [3.63, 3.8) is 0 Å². The molecule has 0 spiro atoms. The summed E-state index contributed by atoms with van der Waals surface area (Å²) >= 11 is 0. The lowest BCUT2D eigenvalue weighted by atomic mass is 9.92. The number of nitrogens with one attached hydrogen (secondary N) is 1. The maximum absolute atomic E-state index is 11.9. The predicted octanol–water partition coefficient (Wildman–Crippen LogP) is 2.20. The zero-order valence-corrected chi connectivity index (χ0v) is 11.1. The summed E-state index contributed by atoms with van der Waals surface area (Å²) in [5.41, 5.74) is 7.26. The Hall–Kier alpha value is -2.36. The standard InChI is InChI=1S/C15H17N3O/c1-11-6-3-4-8-13(11)18-15(2,14(16)19)12-7-5-9-17-10-12/h3-10,18H,1-2H3,(H2,16,19). The van der Waals surface area contributed by atoms with Gasteiger partial charge in [0.05, 0.1) is 0 Å². The van der Waals surface area contributed by atoms with Gasteiger partial charge in [-0.2, -0.15) is 0 Å². The third-order valence-corrected chi connectivity index (χ3v) is 3.26. The van der Waals surface area contributed by atoms with Gasteiger partial charge in [-0.15, -0.1) is 0 Å². The van der Waals surface area contributed by atoms with Crippen LogP contribution in [0.15, 0.2) is 48.8 Å². The quantitative estimate of drug-likeness (QED) is 0.880. The summed E-state index contributed by atoms with van der Waals surface area (Å²) in [5, 5.41) is 3.22. The van der Waals surface area contributed by atoms with E-state index in [-0.39, 0.29) is 0 Å². The van der Waals surface area contributed by atoms with E-state index in [0.29, 0.717) is 0 Å². The van der Waals surface area contributed by atoms with Crippen LogP contribution >= 0.6 is 0 Å². The van der Waals surface area contributed by atoms with Crippen molar-refractivity contribution in [2.75, 3.05) is 5.32 Å². The lowest BCUT2D eigenvalue weighted by Crippen LogP contribution is -2.45. The molecule has 1 amide bonds.